The number of halogens is 2. The average molecular weight is 515 g/mol. The fraction of sp³-hybridized carbons (Fsp3) is 0.462. The Kier molecular flexibility index (Phi) is 6.67. The molecule has 196 valence electrons. The summed E-state index contributed by atoms with van der Waals surface area (Å²) in [4.78, 5) is 37.5. The first-order valence-corrected chi connectivity index (χ1v) is 12.3. The van der Waals surface area contributed by atoms with Crippen LogP contribution < -0.4 is 9.64 Å². The van der Waals surface area contributed by atoms with E-state index in [1.54, 1.807) is 6.92 Å². The van der Waals surface area contributed by atoms with E-state index in [1.165, 1.54) is 40.4 Å². The van der Waals surface area contributed by atoms with Crippen molar-refractivity contribution in [1.82, 2.24) is 14.9 Å². The van der Waals surface area contributed by atoms with Gasteiger partial charge in [-0.25, -0.2) is 13.8 Å². The van der Waals surface area contributed by atoms with E-state index < -0.39 is 36.3 Å². The molecule has 2 fully saturated rings. The standard InChI is InChI=1S/C26H28F2N4O5/c1-3-37-21-5-4-17(27)24(25(21)28)16-8-15(16)14-7-23(35)31(11-14)19-6-13(2)32(26(19)36)22-10-29-18(9-30-22)20(34)12-33/h4-5,7,9-10,13,15-16,19-20,33-34H,3,6,8,11-12H2,1-2H3/t13?,15?,16?,19-,20+/m0/s1. The second-order valence-corrected chi connectivity index (χ2v) is 9.65. The average Bonchev–Trinajstić information content (AvgIpc) is 3.48. The first-order valence-electron chi connectivity index (χ1n) is 12.3. The number of hydrogen-bond donors (Lipinski definition) is 2. The summed E-state index contributed by atoms with van der Waals surface area (Å²) in [6.45, 7) is 3.55. The molecule has 2 amide bonds. The molecule has 2 aromatic rings. The Morgan fingerprint density at radius 2 is 1.95 bits per heavy atom. The highest BCUT2D eigenvalue weighted by Crippen LogP contribution is 2.55. The molecule has 11 heteroatoms. The number of aromatic nitrogens is 2. The SMILES string of the molecule is CCOc1ccc(F)c(C2CC2C2=CC(=O)N([C@H]3CC(C)N(c4cnc([C@H](O)CO)cn4)C3=O)C2)c1F. The molecular weight excluding hydrogens is 486 g/mol. The maximum atomic E-state index is 14.9. The number of hydrogen-bond acceptors (Lipinski definition) is 7. The quantitative estimate of drug-likeness (QED) is 0.555. The smallest absolute Gasteiger partial charge is 0.251 e. The van der Waals surface area contributed by atoms with Gasteiger partial charge >= 0.3 is 0 Å². The van der Waals surface area contributed by atoms with Gasteiger partial charge < -0.3 is 19.8 Å². The van der Waals surface area contributed by atoms with E-state index in [4.69, 9.17) is 9.84 Å². The normalized spacial score (nSPS) is 26.1. The number of nitrogens with zero attached hydrogens (tertiary/aromatic N) is 4. The van der Waals surface area contributed by atoms with Crippen LogP contribution in [-0.4, -0.2) is 68.7 Å². The number of rotatable bonds is 8. The molecule has 1 saturated carbocycles. The van der Waals surface area contributed by atoms with Crippen LogP contribution in [0.2, 0.25) is 0 Å². The van der Waals surface area contributed by atoms with Crippen molar-refractivity contribution in [2.75, 3.05) is 24.7 Å². The summed E-state index contributed by atoms with van der Waals surface area (Å²) < 4.78 is 34.7. The Morgan fingerprint density at radius 1 is 1.16 bits per heavy atom. The molecule has 37 heavy (non-hydrogen) atoms. The minimum absolute atomic E-state index is 0.00953. The number of ether oxygens (including phenoxy) is 1. The number of amides is 2. The lowest BCUT2D eigenvalue weighted by Crippen LogP contribution is -2.43. The largest absolute Gasteiger partial charge is 0.491 e. The van der Waals surface area contributed by atoms with E-state index in [-0.39, 0.29) is 59.8 Å². The van der Waals surface area contributed by atoms with E-state index >= 15 is 0 Å². The molecule has 5 rings (SSSR count). The molecule has 1 aromatic carbocycles. The molecule has 1 aliphatic carbocycles. The van der Waals surface area contributed by atoms with Gasteiger partial charge in [-0.1, -0.05) is 0 Å². The van der Waals surface area contributed by atoms with Crippen molar-refractivity contribution in [2.45, 2.75) is 50.8 Å². The Labute approximate surface area is 212 Å². The summed E-state index contributed by atoms with van der Waals surface area (Å²) in [5.41, 5.74) is 0.925. The fourth-order valence-corrected chi connectivity index (χ4v) is 5.36. The summed E-state index contributed by atoms with van der Waals surface area (Å²) >= 11 is 0. The van der Waals surface area contributed by atoms with E-state index in [2.05, 4.69) is 9.97 Å². The molecule has 9 nitrogen and oxygen atoms in total. The molecule has 0 spiro atoms. The molecule has 3 unspecified atom stereocenters. The van der Waals surface area contributed by atoms with Gasteiger partial charge in [0, 0.05) is 24.2 Å². The number of aliphatic hydroxyl groups excluding tert-OH is 2. The van der Waals surface area contributed by atoms with Crippen molar-refractivity contribution >= 4 is 17.6 Å². The van der Waals surface area contributed by atoms with Gasteiger partial charge in [-0.05, 0) is 56.2 Å². The minimum Gasteiger partial charge on any atom is -0.491 e. The summed E-state index contributed by atoms with van der Waals surface area (Å²) in [5, 5.41) is 18.8. The van der Waals surface area contributed by atoms with Crippen LogP contribution in [0.1, 0.15) is 50.0 Å². The van der Waals surface area contributed by atoms with Crippen LogP contribution in [0.15, 0.2) is 36.2 Å². The number of anilines is 1. The van der Waals surface area contributed by atoms with Crippen molar-refractivity contribution < 1.29 is 33.3 Å². The van der Waals surface area contributed by atoms with Crippen LogP contribution in [0.3, 0.4) is 0 Å². The zero-order valence-corrected chi connectivity index (χ0v) is 20.5. The van der Waals surface area contributed by atoms with Gasteiger partial charge in [-0.3, -0.25) is 19.5 Å². The molecular formula is C26H28F2N4O5. The lowest BCUT2D eigenvalue weighted by atomic mass is 10.0. The lowest BCUT2D eigenvalue weighted by molar-refractivity contribution is -0.132. The second kappa shape index (κ2) is 9.79. The Balaban J connectivity index is 1.28. The Morgan fingerprint density at radius 3 is 2.62 bits per heavy atom. The predicted molar refractivity (Wildman–Crippen MR) is 128 cm³/mol. The monoisotopic (exact) mass is 514 g/mol. The summed E-state index contributed by atoms with van der Waals surface area (Å²) in [7, 11) is 0. The number of carbonyl (C=O) groups excluding carboxylic acids is 2. The highest BCUT2D eigenvalue weighted by Gasteiger charge is 2.50. The van der Waals surface area contributed by atoms with Crippen molar-refractivity contribution in [3.8, 4) is 5.75 Å². The molecule has 3 heterocycles. The predicted octanol–water partition coefficient (Wildman–Crippen LogP) is 2.25. The summed E-state index contributed by atoms with van der Waals surface area (Å²) in [5.74, 6) is -2.21. The molecule has 1 aromatic heterocycles. The molecule has 2 aliphatic heterocycles. The highest BCUT2D eigenvalue weighted by molar-refractivity contribution is 6.03. The van der Waals surface area contributed by atoms with Gasteiger partial charge in [0.05, 0.1) is 31.3 Å². The third kappa shape index (κ3) is 4.46. The molecule has 0 radical (unpaired) electrons. The van der Waals surface area contributed by atoms with E-state index in [0.717, 1.165) is 5.57 Å². The molecule has 0 bridgehead atoms. The zero-order valence-electron chi connectivity index (χ0n) is 20.5. The van der Waals surface area contributed by atoms with Crippen LogP contribution in [0, 0.1) is 17.6 Å². The second-order valence-electron chi connectivity index (χ2n) is 9.65. The maximum absolute atomic E-state index is 14.9. The summed E-state index contributed by atoms with van der Waals surface area (Å²) in [6, 6.07) is 1.52. The van der Waals surface area contributed by atoms with E-state index in [1.807, 2.05) is 6.92 Å². The van der Waals surface area contributed by atoms with Crippen LogP contribution in [0.25, 0.3) is 0 Å². The van der Waals surface area contributed by atoms with Crippen molar-refractivity contribution in [3.05, 3.63) is 59.1 Å². The van der Waals surface area contributed by atoms with Gasteiger partial charge in [-0.2, -0.15) is 0 Å². The topological polar surface area (TPSA) is 116 Å². The van der Waals surface area contributed by atoms with Crippen LogP contribution in [0.4, 0.5) is 14.6 Å². The van der Waals surface area contributed by atoms with Crippen LogP contribution in [0.5, 0.6) is 5.75 Å². The Bertz CT molecular complexity index is 1250. The van der Waals surface area contributed by atoms with E-state index in [0.29, 0.717) is 12.8 Å². The van der Waals surface area contributed by atoms with Gasteiger partial charge in [-0.15, -0.1) is 0 Å². The van der Waals surface area contributed by atoms with Crippen molar-refractivity contribution in [2.24, 2.45) is 5.92 Å². The molecule has 2 N–H and O–H groups in total. The third-order valence-electron chi connectivity index (χ3n) is 7.30. The number of aliphatic hydroxyl groups is 2. The van der Waals surface area contributed by atoms with Gasteiger partial charge in [0.2, 0.25) is 5.91 Å². The first kappa shape index (κ1) is 25.2. The summed E-state index contributed by atoms with van der Waals surface area (Å²) in [6.07, 6.45) is 3.88. The molecule has 5 atom stereocenters. The fourth-order valence-electron chi connectivity index (χ4n) is 5.36. The number of carbonyl (C=O) groups is 2. The van der Waals surface area contributed by atoms with Crippen molar-refractivity contribution in [3.63, 3.8) is 0 Å². The lowest BCUT2D eigenvalue weighted by Gasteiger charge is -2.24. The number of benzene rings is 1. The third-order valence-corrected chi connectivity index (χ3v) is 7.30. The molecule has 1 saturated heterocycles. The van der Waals surface area contributed by atoms with Gasteiger partial charge in [0.1, 0.15) is 18.0 Å². The maximum Gasteiger partial charge on any atom is 0.251 e. The van der Waals surface area contributed by atoms with E-state index in [9.17, 15) is 23.5 Å². The van der Waals surface area contributed by atoms with Gasteiger partial charge in [0.25, 0.3) is 5.91 Å². The minimum atomic E-state index is -1.16. The van der Waals surface area contributed by atoms with Crippen LogP contribution >= 0.6 is 0 Å². The molecule has 3 aliphatic rings. The van der Waals surface area contributed by atoms with Crippen LogP contribution in [-0.2, 0) is 9.59 Å². The first-order chi connectivity index (χ1) is 17.7. The van der Waals surface area contributed by atoms with Gasteiger partial charge in [0.15, 0.2) is 17.4 Å². The highest BCUT2D eigenvalue weighted by atomic mass is 19.1. The zero-order chi connectivity index (χ0) is 26.4. The Hall–Kier alpha value is -3.44. The van der Waals surface area contributed by atoms with Crippen molar-refractivity contribution in [1.29, 1.82) is 0 Å².